The van der Waals surface area contributed by atoms with Crippen LogP contribution in [0, 0.1) is 56.3 Å². The van der Waals surface area contributed by atoms with Gasteiger partial charge in [-0.3, -0.25) is 9.59 Å². The van der Waals surface area contributed by atoms with Crippen LogP contribution in [0.4, 0.5) is 5.69 Å². The van der Waals surface area contributed by atoms with Crippen molar-refractivity contribution in [3.05, 3.63) is 41.0 Å². The lowest BCUT2D eigenvalue weighted by Gasteiger charge is -2.41. The van der Waals surface area contributed by atoms with Gasteiger partial charge in [0.1, 0.15) is 0 Å². The standard InChI is InChI=1S/C20H23NO3/c1-9-6-10(2)18(11(3)7-9)21-19(22)16-12-4-5-13(15-8-14(12)15)17(16)20(23)24/h4-7,12-17H,8H2,1-3H3,(H,21,22)(H,23,24). The van der Waals surface area contributed by atoms with Gasteiger partial charge in [0, 0.05) is 5.69 Å². The van der Waals surface area contributed by atoms with Crippen LogP contribution in [0.2, 0.25) is 0 Å². The predicted molar refractivity (Wildman–Crippen MR) is 91.6 cm³/mol. The van der Waals surface area contributed by atoms with Crippen LogP contribution in [0.25, 0.3) is 0 Å². The van der Waals surface area contributed by atoms with Crippen LogP contribution in [-0.2, 0) is 9.59 Å². The molecule has 4 nitrogen and oxygen atoms in total. The summed E-state index contributed by atoms with van der Waals surface area (Å²) in [7, 11) is 0. The number of anilines is 1. The molecule has 5 rings (SSSR count). The van der Waals surface area contributed by atoms with E-state index in [1.165, 1.54) is 0 Å². The van der Waals surface area contributed by atoms with E-state index in [0.717, 1.165) is 28.8 Å². The Kier molecular flexibility index (Phi) is 3.34. The Labute approximate surface area is 142 Å². The summed E-state index contributed by atoms with van der Waals surface area (Å²) in [6.07, 6.45) is 5.21. The first-order valence-electron chi connectivity index (χ1n) is 8.68. The van der Waals surface area contributed by atoms with E-state index >= 15 is 0 Å². The van der Waals surface area contributed by atoms with Gasteiger partial charge in [0.2, 0.25) is 5.91 Å². The van der Waals surface area contributed by atoms with Crippen LogP contribution in [0.5, 0.6) is 0 Å². The zero-order valence-corrected chi connectivity index (χ0v) is 14.2. The van der Waals surface area contributed by atoms with E-state index in [1.807, 2.05) is 39.0 Å². The molecule has 6 unspecified atom stereocenters. The summed E-state index contributed by atoms with van der Waals surface area (Å²) < 4.78 is 0. The van der Waals surface area contributed by atoms with Crippen molar-refractivity contribution in [2.75, 3.05) is 5.32 Å². The van der Waals surface area contributed by atoms with Crippen molar-refractivity contribution < 1.29 is 14.7 Å². The molecule has 0 radical (unpaired) electrons. The summed E-state index contributed by atoms with van der Waals surface area (Å²) in [6, 6.07) is 4.09. The smallest absolute Gasteiger partial charge is 0.307 e. The molecular formula is C20H23NO3. The highest BCUT2D eigenvalue weighted by Crippen LogP contribution is 2.63. The molecule has 1 amide bonds. The fourth-order valence-corrected chi connectivity index (χ4v) is 5.15. The summed E-state index contributed by atoms with van der Waals surface area (Å²) >= 11 is 0. The van der Waals surface area contributed by atoms with Gasteiger partial charge in [0.15, 0.2) is 0 Å². The number of hydrogen-bond acceptors (Lipinski definition) is 2. The second-order valence-electron chi connectivity index (χ2n) is 7.76. The molecule has 4 heteroatoms. The van der Waals surface area contributed by atoms with E-state index in [2.05, 4.69) is 11.4 Å². The van der Waals surface area contributed by atoms with Crippen LogP contribution in [0.3, 0.4) is 0 Å². The van der Waals surface area contributed by atoms with E-state index in [1.54, 1.807) is 0 Å². The zero-order valence-electron chi connectivity index (χ0n) is 14.2. The highest BCUT2D eigenvalue weighted by Gasteiger charge is 2.63. The maximum Gasteiger partial charge on any atom is 0.307 e. The van der Waals surface area contributed by atoms with Gasteiger partial charge >= 0.3 is 5.97 Å². The van der Waals surface area contributed by atoms with E-state index in [4.69, 9.17) is 0 Å². The third kappa shape index (κ3) is 2.20. The van der Waals surface area contributed by atoms with E-state index in [-0.39, 0.29) is 17.7 Å². The molecule has 0 spiro atoms. The quantitative estimate of drug-likeness (QED) is 0.838. The lowest BCUT2D eigenvalue weighted by molar-refractivity contribution is -0.152. The third-order valence-electron chi connectivity index (χ3n) is 6.16. The van der Waals surface area contributed by atoms with Crippen LogP contribution in [0.1, 0.15) is 23.1 Å². The van der Waals surface area contributed by atoms with E-state index in [9.17, 15) is 14.7 Å². The zero-order chi connectivity index (χ0) is 17.2. The lowest BCUT2D eigenvalue weighted by atomic mass is 9.62. The lowest BCUT2D eigenvalue weighted by Crippen LogP contribution is -2.48. The molecule has 24 heavy (non-hydrogen) atoms. The first-order chi connectivity index (χ1) is 11.4. The van der Waals surface area contributed by atoms with Crippen molar-refractivity contribution >= 4 is 17.6 Å². The number of aryl methyl sites for hydroxylation is 3. The molecule has 126 valence electrons. The first kappa shape index (κ1) is 15.4. The number of carboxylic acids is 1. The molecular weight excluding hydrogens is 302 g/mol. The summed E-state index contributed by atoms with van der Waals surface area (Å²) in [5.41, 5.74) is 4.03. The number of hydrogen-bond donors (Lipinski definition) is 2. The number of amides is 1. The predicted octanol–water partition coefficient (Wildman–Crippen LogP) is 3.32. The normalized spacial score (nSPS) is 35.5. The fourth-order valence-electron chi connectivity index (χ4n) is 5.15. The van der Waals surface area contributed by atoms with Gasteiger partial charge in [-0.25, -0.2) is 0 Å². The number of aliphatic carboxylic acids is 1. The van der Waals surface area contributed by atoms with Gasteiger partial charge in [0.05, 0.1) is 11.8 Å². The molecule has 6 atom stereocenters. The van der Waals surface area contributed by atoms with Gasteiger partial charge in [-0.15, -0.1) is 0 Å². The molecule has 0 saturated heterocycles. The number of nitrogens with one attached hydrogen (secondary N) is 1. The topological polar surface area (TPSA) is 66.4 Å². The number of carboxylic acid groups (broad SMARTS) is 1. The van der Waals surface area contributed by atoms with Crippen molar-refractivity contribution in [1.29, 1.82) is 0 Å². The fraction of sp³-hybridized carbons (Fsp3) is 0.500. The Morgan fingerprint density at radius 1 is 1.00 bits per heavy atom. The van der Waals surface area contributed by atoms with Crippen LogP contribution >= 0.6 is 0 Å². The minimum Gasteiger partial charge on any atom is -0.481 e. The summed E-state index contributed by atoms with van der Waals surface area (Å²) in [5, 5.41) is 12.8. The number of benzene rings is 1. The molecule has 2 bridgehead atoms. The van der Waals surface area contributed by atoms with Gasteiger partial charge in [-0.2, -0.15) is 0 Å². The number of carbonyl (C=O) groups excluding carboxylic acids is 1. The first-order valence-corrected chi connectivity index (χ1v) is 8.68. The summed E-state index contributed by atoms with van der Waals surface area (Å²) in [5.74, 6) is -0.935. The average Bonchev–Trinajstić information content (AvgIpc) is 3.31. The largest absolute Gasteiger partial charge is 0.481 e. The van der Waals surface area contributed by atoms with Crippen molar-refractivity contribution in [3.63, 3.8) is 0 Å². The number of fused-ring (bicyclic) bond motifs is 1. The molecule has 1 aromatic carbocycles. The van der Waals surface area contributed by atoms with Gasteiger partial charge in [0.25, 0.3) is 0 Å². The van der Waals surface area contributed by atoms with Crippen LogP contribution < -0.4 is 5.32 Å². The Balaban J connectivity index is 1.65. The minimum atomic E-state index is -0.836. The monoisotopic (exact) mass is 325 g/mol. The molecule has 2 fully saturated rings. The van der Waals surface area contributed by atoms with Crippen molar-refractivity contribution in [1.82, 2.24) is 0 Å². The molecule has 1 aromatic rings. The molecule has 4 aliphatic carbocycles. The second kappa shape index (κ2) is 5.20. The van der Waals surface area contributed by atoms with Crippen molar-refractivity contribution in [2.45, 2.75) is 27.2 Å². The van der Waals surface area contributed by atoms with Gasteiger partial charge < -0.3 is 10.4 Å². The van der Waals surface area contributed by atoms with Gasteiger partial charge in [-0.1, -0.05) is 29.8 Å². The highest BCUT2D eigenvalue weighted by molar-refractivity contribution is 5.97. The van der Waals surface area contributed by atoms with Crippen LogP contribution in [-0.4, -0.2) is 17.0 Å². The van der Waals surface area contributed by atoms with E-state index < -0.39 is 17.8 Å². The summed E-state index contributed by atoms with van der Waals surface area (Å²) in [6.45, 7) is 5.99. The Morgan fingerprint density at radius 2 is 1.54 bits per heavy atom. The third-order valence-corrected chi connectivity index (χ3v) is 6.16. The molecule has 2 saturated carbocycles. The highest BCUT2D eigenvalue weighted by atomic mass is 16.4. The SMILES string of the molecule is Cc1cc(C)c(NC(=O)C2C3C=CC(C4CC34)C2C(=O)O)c(C)c1. The minimum absolute atomic E-state index is 0.0217. The molecule has 0 heterocycles. The Bertz CT molecular complexity index is 743. The molecule has 2 N–H and O–H groups in total. The summed E-state index contributed by atoms with van der Waals surface area (Å²) in [4.78, 5) is 24.9. The molecule has 0 aliphatic heterocycles. The van der Waals surface area contributed by atoms with Crippen LogP contribution in [0.15, 0.2) is 24.3 Å². The second-order valence-corrected chi connectivity index (χ2v) is 7.76. The van der Waals surface area contributed by atoms with E-state index in [0.29, 0.717) is 11.8 Å². The molecule has 0 aromatic heterocycles. The number of allylic oxidation sites excluding steroid dienone is 2. The van der Waals surface area contributed by atoms with Crippen molar-refractivity contribution in [2.24, 2.45) is 35.5 Å². The number of rotatable bonds is 3. The Morgan fingerprint density at radius 3 is 2.08 bits per heavy atom. The maximum absolute atomic E-state index is 13.0. The average molecular weight is 325 g/mol. The molecule has 4 aliphatic rings. The Hall–Kier alpha value is -2.10. The number of carbonyl (C=O) groups is 2. The maximum atomic E-state index is 13.0. The van der Waals surface area contributed by atoms with Crippen molar-refractivity contribution in [3.8, 4) is 0 Å². The van der Waals surface area contributed by atoms with Gasteiger partial charge in [-0.05, 0) is 62.0 Å².